The van der Waals surface area contributed by atoms with Crippen molar-refractivity contribution in [1.29, 1.82) is 0 Å². The molecule has 108 valence electrons. The maximum Gasteiger partial charge on any atom is 0.108 e. The highest BCUT2D eigenvalue weighted by molar-refractivity contribution is 5.10. The molecule has 1 unspecified atom stereocenters. The molecule has 0 aromatic carbocycles. The van der Waals surface area contributed by atoms with Gasteiger partial charge in [0.1, 0.15) is 5.82 Å². The molecule has 0 saturated heterocycles. The summed E-state index contributed by atoms with van der Waals surface area (Å²) >= 11 is 0. The molecule has 2 rings (SSSR count). The Bertz CT molecular complexity index is 492. The van der Waals surface area contributed by atoms with Crippen LogP contribution in [0.25, 0.3) is 0 Å². The van der Waals surface area contributed by atoms with E-state index in [0.717, 1.165) is 38.1 Å². The molecule has 0 fully saturated rings. The lowest BCUT2D eigenvalue weighted by molar-refractivity contribution is 0.470. The Morgan fingerprint density at radius 1 is 1.35 bits per heavy atom. The van der Waals surface area contributed by atoms with E-state index in [-0.39, 0.29) is 0 Å². The molecule has 1 N–H and O–H groups in total. The van der Waals surface area contributed by atoms with Crippen LogP contribution in [0.3, 0.4) is 0 Å². The summed E-state index contributed by atoms with van der Waals surface area (Å²) in [6.07, 6.45) is 11.9. The van der Waals surface area contributed by atoms with E-state index in [1.165, 1.54) is 5.56 Å². The van der Waals surface area contributed by atoms with Gasteiger partial charge in [-0.15, -0.1) is 0 Å². The van der Waals surface area contributed by atoms with Crippen molar-refractivity contribution in [3.05, 3.63) is 48.3 Å². The third-order valence-electron chi connectivity index (χ3n) is 3.53. The zero-order valence-corrected chi connectivity index (χ0v) is 12.4. The number of imidazole rings is 1. The number of hydrogen-bond donors (Lipinski definition) is 1. The van der Waals surface area contributed by atoms with Crippen LogP contribution >= 0.6 is 0 Å². The molecule has 20 heavy (non-hydrogen) atoms. The molecule has 0 bridgehead atoms. The Hall–Kier alpha value is -1.68. The zero-order chi connectivity index (χ0) is 14.2. The van der Waals surface area contributed by atoms with E-state index in [1.54, 1.807) is 0 Å². The van der Waals surface area contributed by atoms with Gasteiger partial charge in [0.15, 0.2) is 0 Å². The van der Waals surface area contributed by atoms with Crippen LogP contribution in [0.5, 0.6) is 0 Å². The molecule has 4 heteroatoms. The Morgan fingerprint density at radius 3 is 2.90 bits per heavy atom. The molecular formula is C16H24N4. The number of nitrogens with one attached hydrogen (secondary N) is 1. The Balaban J connectivity index is 1.91. The summed E-state index contributed by atoms with van der Waals surface area (Å²) in [5.41, 5.74) is 1.29. The minimum atomic E-state index is 0.482. The van der Waals surface area contributed by atoms with Crippen molar-refractivity contribution in [2.24, 2.45) is 7.05 Å². The predicted octanol–water partition coefficient (Wildman–Crippen LogP) is 2.36. The SMILES string of the molecule is CCCNC(CCc1nccn1C)Cc1cccnc1. The third-order valence-corrected chi connectivity index (χ3v) is 3.53. The minimum Gasteiger partial charge on any atom is -0.338 e. The smallest absolute Gasteiger partial charge is 0.108 e. The highest BCUT2D eigenvalue weighted by Gasteiger charge is 2.10. The maximum absolute atomic E-state index is 4.40. The fourth-order valence-electron chi connectivity index (χ4n) is 2.37. The van der Waals surface area contributed by atoms with Crippen LogP contribution in [-0.2, 0) is 19.9 Å². The summed E-state index contributed by atoms with van der Waals surface area (Å²) in [5, 5.41) is 3.63. The van der Waals surface area contributed by atoms with Gasteiger partial charge in [0.2, 0.25) is 0 Å². The number of aryl methyl sites for hydroxylation is 2. The molecule has 0 aliphatic heterocycles. The molecule has 0 spiro atoms. The van der Waals surface area contributed by atoms with E-state index in [0.29, 0.717) is 6.04 Å². The number of nitrogens with zero attached hydrogens (tertiary/aromatic N) is 3. The van der Waals surface area contributed by atoms with Crippen LogP contribution < -0.4 is 5.32 Å². The quantitative estimate of drug-likeness (QED) is 0.802. The second kappa shape index (κ2) is 7.80. The molecule has 0 aliphatic rings. The Labute approximate surface area is 121 Å². The van der Waals surface area contributed by atoms with E-state index in [1.807, 2.05) is 30.9 Å². The monoisotopic (exact) mass is 272 g/mol. The van der Waals surface area contributed by atoms with Gasteiger partial charge >= 0.3 is 0 Å². The lowest BCUT2D eigenvalue weighted by Gasteiger charge is -2.18. The second-order valence-corrected chi connectivity index (χ2v) is 5.21. The van der Waals surface area contributed by atoms with Crippen LogP contribution in [0.15, 0.2) is 36.9 Å². The average Bonchev–Trinajstić information content (AvgIpc) is 2.88. The van der Waals surface area contributed by atoms with Crippen LogP contribution in [0.4, 0.5) is 0 Å². The number of pyridine rings is 1. The zero-order valence-electron chi connectivity index (χ0n) is 12.4. The first kappa shape index (κ1) is 14.7. The van der Waals surface area contributed by atoms with Crippen LogP contribution in [0, 0.1) is 0 Å². The maximum atomic E-state index is 4.40. The van der Waals surface area contributed by atoms with E-state index < -0.39 is 0 Å². The molecule has 0 saturated carbocycles. The first-order valence-corrected chi connectivity index (χ1v) is 7.38. The molecule has 0 aliphatic carbocycles. The van der Waals surface area contributed by atoms with Gasteiger partial charge in [-0.05, 0) is 37.4 Å². The van der Waals surface area contributed by atoms with E-state index in [4.69, 9.17) is 0 Å². The summed E-state index contributed by atoms with van der Waals surface area (Å²) in [4.78, 5) is 8.60. The summed E-state index contributed by atoms with van der Waals surface area (Å²) in [6, 6.07) is 4.63. The summed E-state index contributed by atoms with van der Waals surface area (Å²) < 4.78 is 2.10. The van der Waals surface area contributed by atoms with Crippen molar-refractivity contribution < 1.29 is 0 Å². The van der Waals surface area contributed by atoms with Gasteiger partial charge in [-0.2, -0.15) is 0 Å². The van der Waals surface area contributed by atoms with E-state index in [9.17, 15) is 0 Å². The average molecular weight is 272 g/mol. The van der Waals surface area contributed by atoms with Gasteiger partial charge in [-0.25, -0.2) is 4.98 Å². The second-order valence-electron chi connectivity index (χ2n) is 5.21. The largest absolute Gasteiger partial charge is 0.338 e. The van der Waals surface area contributed by atoms with Crippen molar-refractivity contribution in [3.63, 3.8) is 0 Å². The van der Waals surface area contributed by atoms with Crippen molar-refractivity contribution >= 4 is 0 Å². The number of hydrogen-bond acceptors (Lipinski definition) is 3. The van der Waals surface area contributed by atoms with Gasteiger partial charge in [0, 0.05) is 44.3 Å². The van der Waals surface area contributed by atoms with Crippen molar-refractivity contribution in [2.45, 2.75) is 38.6 Å². The Kier molecular flexibility index (Phi) is 5.74. The van der Waals surface area contributed by atoms with Crippen molar-refractivity contribution in [2.75, 3.05) is 6.54 Å². The highest BCUT2D eigenvalue weighted by atomic mass is 15.0. The van der Waals surface area contributed by atoms with Crippen LogP contribution in [-0.4, -0.2) is 27.1 Å². The Morgan fingerprint density at radius 2 is 2.25 bits per heavy atom. The molecule has 2 aromatic rings. The highest BCUT2D eigenvalue weighted by Crippen LogP contribution is 2.08. The first-order chi connectivity index (χ1) is 9.79. The summed E-state index contributed by atoms with van der Waals surface area (Å²) in [6.45, 7) is 3.26. The van der Waals surface area contributed by atoms with Gasteiger partial charge in [0.05, 0.1) is 0 Å². The minimum absolute atomic E-state index is 0.482. The molecule has 1 atom stereocenters. The van der Waals surface area contributed by atoms with Gasteiger partial charge in [-0.1, -0.05) is 13.0 Å². The fourth-order valence-corrected chi connectivity index (χ4v) is 2.37. The predicted molar refractivity (Wildman–Crippen MR) is 81.6 cm³/mol. The lowest BCUT2D eigenvalue weighted by atomic mass is 10.0. The topological polar surface area (TPSA) is 42.7 Å². The van der Waals surface area contributed by atoms with Gasteiger partial charge < -0.3 is 9.88 Å². The number of aromatic nitrogens is 3. The molecule has 2 heterocycles. The standard InChI is InChI=1S/C16H24N4/c1-3-8-18-15(12-14-5-4-9-17-13-14)6-7-16-19-10-11-20(16)2/h4-5,9-11,13,15,18H,3,6-8,12H2,1-2H3. The summed E-state index contributed by atoms with van der Waals surface area (Å²) in [5.74, 6) is 1.15. The third kappa shape index (κ3) is 4.46. The normalized spacial score (nSPS) is 12.5. The van der Waals surface area contributed by atoms with Crippen molar-refractivity contribution in [1.82, 2.24) is 19.9 Å². The van der Waals surface area contributed by atoms with E-state index >= 15 is 0 Å². The molecule has 0 radical (unpaired) electrons. The van der Waals surface area contributed by atoms with E-state index in [2.05, 4.69) is 39.9 Å². The molecule has 4 nitrogen and oxygen atoms in total. The fraction of sp³-hybridized carbons (Fsp3) is 0.500. The van der Waals surface area contributed by atoms with Crippen molar-refractivity contribution in [3.8, 4) is 0 Å². The summed E-state index contributed by atoms with van der Waals surface area (Å²) in [7, 11) is 2.05. The van der Waals surface area contributed by atoms with Crippen LogP contribution in [0.1, 0.15) is 31.2 Å². The lowest BCUT2D eigenvalue weighted by Crippen LogP contribution is -2.32. The molecule has 2 aromatic heterocycles. The van der Waals surface area contributed by atoms with Gasteiger partial charge in [0.25, 0.3) is 0 Å². The van der Waals surface area contributed by atoms with Crippen LogP contribution in [0.2, 0.25) is 0 Å². The first-order valence-electron chi connectivity index (χ1n) is 7.38. The molecular weight excluding hydrogens is 248 g/mol. The number of rotatable bonds is 8. The van der Waals surface area contributed by atoms with Gasteiger partial charge in [-0.3, -0.25) is 4.98 Å². The molecule has 0 amide bonds.